The first kappa shape index (κ1) is 14.2. The van der Waals surface area contributed by atoms with Crippen molar-refractivity contribution in [1.29, 1.82) is 0 Å². The summed E-state index contributed by atoms with van der Waals surface area (Å²) >= 11 is 0. The Balaban J connectivity index is 2.89. The zero-order valence-electron chi connectivity index (χ0n) is 10.1. The van der Waals surface area contributed by atoms with Crippen LogP contribution in [0.3, 0.4) is 0 Å². The third-order valence-corrected chi connectivity index (χ3v) is 4.36. The van der Waals surface area contributed by atoms with Gasteiger partial charge in [-0.3, -0.25) is 4.57 Å². The van der Waals surface area contributed by atoms with Gasteiger partial charge in [0.05, 0.1) is 19.4 Å². The van der Waals surface area contributed by atoms with Gasteiger partial charge in [0.2, 0.25) is 0 Å². The van der Waals surface area contributed by atoms with E-state index in [1.165, 1.54) is 21.3 Å². The zero-order valence-corrected chi connectivity index (χ0v) is 11.0. The zero-order chi connectivity index (χ0) is 12.9. The van der Waals surface area contributed by atoms with E-state index in [0.29, 0.717) is 11.3 Å². The van der Waals surface area contributed by atoms with Crippen LogP contribution in [0.2, 0.25) is 0 Å². The molecule has 1 N–H and O–H groups in total. The van der Waals surface area contributed by atoms with Crippen LogP contribution >= 0.6 is 7.60 Å². The second kappa shape index (κ2) is 6.17. The van der Waals surface area contributed by atoms with Crippen LogP contribution in [0.15, 0.2) is 24.3 Å². The lowest BCUT2D eigenvalue weighted by Crippen LogP contribution is -2.08. The molecule has 17 heavy (non-hydrogen) atoms. The van der Waals surface area contributed by atoms with Crippen molar-refractivity contribution in [1.82, 2.24) is 0 Å². The van der Waals surface area contributed by atoms with E-state index in [4.69, 9.17) is 13.8 Å². The molecule has 0 aliphatic rings. The summed E-state index contributed by atoms with van der Waals surface area (Å²) in [6, 6.07) is 7.00. The van der Waals surface area contributed by atoms with Crippen molar-refractivity contribution in [3.63, 3.8) is 0 Å². The molecule has 0 aliphatic carbocycles. The largest absolute Gasteiger partial charge is 0.496 e. The van der Waals surface area contributed by atoms with Crippen LogP contribution in [0.5, 0.6) is 5.75 Å². The second-order valence-electron chi connectivity index (χ2n) is 3.42. The van der Waals surface area contributed by atoms with Gasteiger partial charge in [0.15, 0.2) is 0 Å². The summed E-state index contributed by atoms with van der Waals surface area (Å²) in [5.74, 6) is 0.541. The lowest BCUT2D eigenvalue weighted by Gasteiger charge is -2.19. The topological polar surface area (TPSA) is 65.0 Å². The van der Waals surface area contributed by atoms with Crippen LogP contribution in [-0.4, -0.2) is 32.6 Å². The molecule has 1 rings (SSSR count). The van der Waals surface area contributed by atoms with Gasteiger partial charge in [-0.1, -0.05) is 18.2 Å². The molecule has 0 spiro atoms. The Labute approximate surface area is 101 Å². The normalized spacial score (nSPS) is 13.4. The first-order chi connectivity index (χ1) is 8.06. The fourth-order valence-corrected chi connectivity index (χ4v) is 2.54. The van der Waals surface area contributed by atoms with Crippen LogP contribution in [0.25, 0.3) is 0 Å². The standard InChI is InChI=1S/C11H17O5P/c1-14-11-7-5-4-6-9(11)10(12)8-17(13,15-2)16-3/h4-7,10,12H,8H2,1-3H3/t10-/m1/s1. The highest BCUT2D eigenvalue weighted by atomic mass is 31.2. The third kappa shape index (κ3) is 3.54. The van der Waals surface area contributed by atoms with Gasteiger partial charge in [-0.2, -0.15) is 0 Å². The number of benzene rings is 1. The number of aliphatic hydroxyl groups excluding tert-OH is 1. The van der Waals surface area contributed by atoms with Gasteiger partial charge < -0.3 is 18.9 Å². The van der Waals surface area contributed by atoms with Crippen LogP contribution in [-0.2, 0) is 13.6 Å². The highest BCUT2D eigenvalue weighted by Crippen LogP contribution is 2.49. The lowest BCUT2D eigenvalue weighted by molar-refractivity contribution is 0.180. The van der Waals surface area contributed by atoms with E-state index < -0.39 is 13.7 Å². The SMILES string of the molecule is COc1ccccc1[C@H](O)CP(=O)(OC)OC. The molecule has 0 aromatic heterocycles. The number of rotatable bonds is 6. The van der Waals surface area contributed by atoms with Crippen LogP contribution < -0.4 is 4.74 Å². The molecule has 6 heteroatoms. The summed E-state index contributed by atoms with van der Waals surface area (Å²) in [6.45, 7) is 0. The van der Waals surface area contributed by atoms with Crippen molar-refractivity contribution < 1.29 is 23.5 Å². The van der Waals surface area contributed by atoms with E-state index in [2.05, 4.69) is 0 Å². The maximum atomic E-state index is 11.9. The molecule has 5 nitrogen and oxygen atoms in total. The Hall–Kier alpha value is -0.870. The summed E-state index contributed by atoms with van der Waals surface area (Å²) in [6.07, 6.45) is -1.07. The van der Waals surface area contributed by atoms with Crippen molar-refractivity contribution >= 4 is 7.60 Å². The van der Waals surface area contributed by atoms with Crippen molar-refractivity contribution in [2.45, 2.75) is 6.10 Å². The van der Waals surface area contributed by atoms with Crippen molar-refractivity contribution in [2.75, 3.05) is 27.5 Å². The fraction of sp³-hybridized carbons (Fsp3) is 0.455. The average molecular weight is 260 g/mol. The minimum absolute atomic E-state index is 0.111. The average Bonchev–Trinajstić information content (AvgIpc) is 2.38. The Bertz CT molecular complexity index is 399. The maximum absolute atomic E-state index is 11.9. The molecule has 0 bridgehead atoms. The third-order valence-electron chi connectivity index (χ3n) is 2.45. The van der Waals surface area contributed by atoms with Crippen LogP contribution in [0.4, 0.5) is 0 Å². The number of aliphatic hydroxyl groups is 1. The maximum Gasteiger partial charge on any atom is 0.333 e. The molecule has 0 aliphatic heterocycles. The van der Waals surface area contributed by atoms with E-state index in [-0.39, 0.29) is 6.16 Å². The molecule has 0 saturated carbocycles. The van der Waals surface area contributed by atoms with Crippen LogP contribution in [0.1, 0.15) is 11.7 Å². The minimum Gasteiger partial charge on any atom is -0.496 e. The van der Waals surface area contributed by atoms with Gasteiger partial charge in [0, 0.05) is 19.8 Å². The molecular formula is C11H17O5P. The van der Waals surface area contributed by atoms with Crippen molar-refractivity contribution in [2.24, 2.45) is 0 Å². The Kier molecular flexibility index (Phi) is 5.15. The van der Waals surface area contributed by atoms with Crippen molar-refractivity contribution in [3.8, 4) is 5.75 Å². The van der Waals surface area contributed by atoms with E-state index in [0.717, 1.165) is 0 Å². The summed E-state index contributed by atoms with van der Waals surface area (Å²) < 4.78 is 26.6. The molecule has 1 aromatic rings. The number of para-hydroxylation sites is 1. The van der Waals surface area contributed by atoms with Gasteiger partial charge in [-0.05, 0) is 6.07 Å². The molecule has 1 atom stereocenters. The molecule has 1 aromatic carbocycles. The van der Waals surface area contributed by atoms with Crippen molar-refractivity contribution in [3.05, 3.63) is 29.8 Å². The highest BCUT2D eigenvalue weighted by Gasteiger charge is 2.27. The molecule has 0 radical (unpaired) electrons. The molecule has 0 saturated heterocycles. The minimum atomic E-state index is -3.24. The lowest BCUT2D eigenvalue weighted by atomic mass is 10.1. The molecule has 0 heterocycles. The summed E-state index contributed by atoms with van der Waals surface area (Å²) in [4.78, 5) is 0. The van der Waals surface area contributed by atoms with E-state index in [1.54, 1.807) is 24.3 Å². The number of hydrogen-bond donors (Lipinski definition) is 1. The number of hydrogen-bond acceptors (Lipinski definition) is 5. The van der Waals surface area contributed by atoms with E-state index in [1.807, 2.05) is 0 Å². The van der Waals surface area contributed by atoms with E-state index in [9.17, 15) is 9.67 Å². The number of methoxy groups -OCH3 is 1. The van der Waals surface area contributed by atoms with Gasteiger partial charge in [-0.15, -0.1) is 0 Å². The summed E-state index contributed by atoms with van der Waals surface area (Å²) in [7, 11) is 0.855. The quantitative estimate of drug-likeness (QED) is 0.794. The smallest absolute Gasteiger partial charge is 0.333 e. The van der Waals surface area contributed by atoms with Gasteiger partial charge >= 0.3 is 7.60 Å². The van der Waals surface area contributed by atoms with Gasteiger partial charge in [-0.25, -0.2) is 0 Å². The fourth-order valence-electron chi connectivity index (χ4n) is 1.48. The number of ether oxygens (including phenoxy) is 1. The Morgan fingerprint density at radius 1 is 1.24 bits per heavy atom. The van der Waals surface area contributed by atoms with Crippen LogP contribution in [0, 0.1) is 0 Å². The second-order valence-corrected chi connectivity index (χ2v) is 5.73. The molecule has 0 amide bonds. The first-order valence-corrected chi connectivity index (χ1v) is 6.80. The molecule has 0 unspecified atom stereocenters. The first-order valence-electron chi connectivity index (χ1n) is 5.08. The predicted octanol–water partition coefficient (Wildman–Crippen LogP) is 2.21. The summed E-state index contributed by atoms with van der Waals surface area (Å²) in [5.41, 5.74) is 0.560. The highest BCUT2D eigenvalue weighted by molar-refractivity contribution is 7.53. The monoisotopic (exact) mass is 260 g/mol. The Morgan fingerprint density at radius 2 is 1.82 bits per heavy atom. The van der Waals surface area contributed by atoms with Gasteiger partial charge in [0.25, 0.3) is 0 Å². The molecular weight excluding hydrogens is 243 g/mol. The van der Waals surface area contributed by atoms with E-state index >= 15 is 0 Å². The van der Waals surface area contributed by atoms with Gasteiger partial charge in [0.1, 0.15) is 5.75 Å². The predicted molar refractivity (Wildman–Crippen MR) is 64.4 cm³/mol. The molecule has 0 fully saturated rings. The Morgan fingerprint density at radius 3 is 2.35 bits per heavy atom. The summed E-state index contributed by atoms with van der Waals surface area (Å²) in [5, 5.41) is 10.0. The molecule has 96 valence electrons.